The van der Waals surface area contributed by atoms with Gasteiger partial charge in [-0.3, -0.25) is 0 Å². The maximum atomic E-state index is 13.3. The van der Waals surface area contributed by atoms with Crippen LogP contribution in [0, 0.1) is 0 Å². The van der Waals surface area contributed by atoms with Gasteiger partial charge in [0.2, 0.25) is 0 Å². The molecule has 0 aliphatic carbocycles. The fourth-order valence-electron chi connectivity index (χ4n) is 5.13. The third kappa shape index (κ3) is 6.39. The van der Waals surface area contributed by atoms with Crippen LogP contribution in [0.5, 0.6) is 0 Å². The van der Waals surface area contributed by atoms with E-state index in [9.17, 15) is 31.1 Å². The van der Waals surface area contributed by atoms with Gasteiger partial charge in [-0.15, -0.1) is 0 Å². The standard InChI is InChI=1S/C28H27F6N5O2/c1-16-13-39(14-17(2)41-16)25-22-15-38(9-8-23(22)36-24(37-25)18-6-4-3-5-7-18)26(40)35-21-11-19(27(29,30)31)10-20(12-21)28(32,33)34/h3-7,10-12,16-17H,8-9,13-15H2,1-2H3,(H,35,40). The van der Waals surface area contributed by atoms with Gasteiger partial charge in [0.1, 0.15) is 5.82 Å². The second-order valence-corrected chi connectivity index (χ2v) is 10.2. The quantitative estimate of drug-likeness (QED) is 0.365. The predicted octanol–water partition coefficient (Wildman–Crippen LogP) is 6.39. The Morgan fingerprint density at radius 3 is 2.12 bits per heavy atom. The molecule has 2 aliphatic rings. The zero-order valence-corrected chi connectivity index (χ0v) is 22.2. The molecule has 7 nitrogen and oxygen atoms in total. The van der Waals surface area contributed by atoms with Crippen molar-refractivity contribution in [3.05, 3.63) is 70.9 Å². The zero-order chi connectivity index (χ0) is 29.5. The number of nitrogens with one attached hydrogen (secondary N) is 1. The Balaban J connectivity index is 1.46. The summed E-state index contributed by atoms with van der Waals surface area (Å²) in [5, 5.41) is 2.23. The number of benzene rings is 2. The number of aromatic nitrogens is 2. The van der Waals surface area contributed by atoms with Crippen molar-refractivity contribution in [2.24, 2.45) is 0 Å². The molecule has 0 saturated carbocycles. The van der Waals surface area contributed by atoms with Gasteiger partial charge in [-0.25, -0.2) is 14.8 Å². The Morgan fingerprint density at radius 1 is 0.927 bits per heavy atom. The van der Waals surface area contributed by atoms with Gasteiger partial charge in [-0.05, 0) is 32.0 Å². The molecule has 41 heavy (non-hydrogen) atoms. The lowest BCUT2D eigenvalue weighted by Gasteiger charge is -2.39. The smallest absolute Gasteiger partial charge is 0.372 e. The fraction of sp³-hybridized carbons (Fsp3) is 0.393. The molecular formula is C28H27F6N5O2. The second kappa shape index (κ2) is 10.8. The molecule has 13 heteroatoms. The number of anilines is 2. The van der Waals surface area contributed by atoms with Crippen molar-refractivity contribution < 1.29 is 35.9 Å². The summed E-state index contributed by atoms with van der Waals surface area (Å²) in [6.45, 7) is 5.15. The van der Waals surface area contributed by atoms with E-state index in [1.54, 1.807) is 0 Å². The summed E-state index contributed by atoms with van der Waals surface area (Å²) in [5.41, 5.74) is -1.40. The predicted molar refractivity (Wildman–Crippen MR) is 139 cm³/mol. The molecule has 2 amide bonds. The first-order valence-electron chi connectivity index (χ1n) is 13.0. The highest BCUT2D eigenvalue weighted by Gasteiger charge is 2.37. The molecule has 2 aromatic carbocycles. The lowest BCUT2D eigenvalue weighted by molar-refractivity contribution is -0.143. The maximum Gasteiger partial charge on any atom is 0.416 e. The van der Waals surface area contributed by atoms with E-state index in [2.05, 4.69) is 10.2 Å². The highest BCUT2D eigenvalue weighted by molar-refractivity contribution is 5.90. The average molecular weight is 580 g/mol. The third-order valence-electron chi connectivity index (χ3n) is 6.92. The van der Waals surface area contributed by atoms with E-state index in [1.165, 1.54) is 4.90 Å². The summed E-state index contributed by atoms with van der Waals surface area (Å²) in [6, 6.07) is 9.58. The van der Waals surface area contributed by atoms with Crippen molar-refractivity contribution >= 4 is 17.5 Å². The second-order valence-electron chi connectivity index (χ2n) is 10.2. The third-order valence-corrected chi connectivity index (χ3v) is 6.92. The number of carbonyl (C=O) groups is 1. The molecule has 1 aromatic heterocycles. The van der Waals surface area contributed by atoms with Crippen molar-refractivity contribution in [3.8, 4) is 11.4 Å². The molecule has 0 radical (unpaired) electrons. The molecule has 0 bridgehead atoms. The van der Waals surface area contributed by atoms with Crippen LogP contribution in [-0.4, -0.2) is 52.7 Å². The van der Waals surface area contributed by atoms with E-state index in [-0.39, 0.29) is 31.4 Å². The highest BCUT2D eigenvalue weighted by Crippen LogP contribution is 2.38. The van der Waals surface area contributed by atoms with E-state index < -0.39 is 35.2 Å². The van der Waals surface area contributed by atoms with Gasteiger partial charge in [-0.1, -0.05) is 30.3 Å². The van der Waals surface area contributed by atoms with Crippen LogP contribution < -0.4 is 10.2 Å². The summed E-state index contributed by atoms with van der Waals surface area (Å²) in [7, 11) is 0. The number of fused-ring (bicyclic) bond motifs is 1. The first kappa shape index (κ1) is 28.7. The summed E-state index contributed by atoms with van der Waals surface area (Å²) >= 11 is 0. The number of morpholine rings is 1. The number of amides is 2. The molecule has 0 spiro atoms. The SMILES string of the molecule is CC1CN(c2nc(-c3ccccc3)nc3c2CN(C(=O)Nc2cc(C(F)(F)F)cc(C(F)(F)F)c2)CC3)CC(C)O1. The van der Waals surface area contributed by atoms with E-state index in [1.807, 2.05) is 44.2 Å². The van der Waals surface area contributed by atoms with Gasteiger partial charge in [-0.2, -0.15) is 26.3 Å². The number of carbonyl (C=O) groups excluding carboxylic acids is 1. The number of rotatable bonds is 3. The highest BCUT2D eigenvalue weighted by atomic mass is 19.4. The Labute approximate surface area is 232 Å². The van der Waals surface area contributed by atoms with Gasteiger partial charge in [0, 0.05) is 42.9 Å². The lowest BCUT2D eigenvalue weighted by atomic mass is 10.0. The number of alkyl halides is 6. The van der Waals surface area contributed by atoms with Crippen LogP contribution in [0.2, 0.25) is 0 Å². The van der Waals surface area contributed by atoms with E-state index in [0.29, 0.717) is 48.8 Å². The Hall–Kier alpha value is -3.87. The number of ether oxygens (including phenoxy) is 1. The van der Waals surface area contributed by atoms with E-state index in [4.69, 9.17) is 14.7 Å². The minimum atomic E-state index is -5.03. The molecule has 1 saturated heterocycles. The monoisotopic (exact) mass is 579 g/mol. The van der Waals surface area contributed by atoms with Crippen LogP contribution in [-0.2, 0) is 30.1 Å². The van der Waals surface area contributed by atoms with Crippen LogP contribution >= 0.6 is 0 Å². The van der Waals surface area contributed by atoms with Crippen LogP contribution in [0.15, 0.2) is 48.5 Å². The lowest BCUT2D eigenvalue weighted by Crippen LogP contribution is -2.47. The molecule has 2 unspecified atom stereocenters. The molecular weight excluding hydrogens is 552 g/mol. The van der Waals surface area contributed by atoms with Gasteiger partial charge >= 0.3 is 18.4 Å². The van der Waals surface area contributed by atoms with Crippen molar-refractivity contribution in [2.75, 3.05) is 29.9 Å². The Kier molecular flexibility index (Phi) is 7.58. The van der Waals surface area contributed by atoms with Gasteiger partial charge in [0.25, 0.3) is 0 Å². The molecule has 3 aromatic rings. The maximum absolute atomic E-state index is 13.3. The molecule has 218 valence electrons. The number of halogens is 6. The van der Waals surface area contributed by atoms with E-state index in [0.717, 1.165) is 11.3 Å². The van der Waals surface area contributed by atoms with Crippen LogP contribution in [0.25, 0.3) is 11.4 Å². The van der Waals surface area contributed by atoms with Crippen molar-refractivity contribution in [2.45, 2.75) is 51.4 Å². The molecule has 2 atom stereocenters. The average Bonchev–Trinajstić information content (AvgIpc) is 2.91. The molecule has 2 aliphatic heterocycles. The van der Waals surface area contributed by atoms with Gasteiger partial charge in [0.05, 0.1) is 35.6 Å². The number of hydrogen-bond donors (Lipinski definition) is 1. The van der Waals surface area contributed by atoms with Crippen molar-refractivity contribution in [1.29, 1.82) is 0 Å². The Bertz CT molecular complexity index is 1390. The largest absolute Gasteiger partial charge is 0.416 e. The van der Waals surface area contributed by atoms with Crippen molar-refractivity contribution in [3.63, 3.8) is 0 Å². The van der Waals surface area contributed by atoms with Gasteiger partial charge < -0.3 is 19.9 Å². The minimum absolute atomic E-state index is 0.0189. The van der Waals surface area contributed by atoms with Crippen LogP contribution in [0.3, 0.4) is 0 Å². The summed E-state index contributed by atoms with van der Waals surface area (Å²) in [5.74, 6) is 1.14. The first-order valence-corrected chi connectivity index (χ1v) is 13.0. The Morgan fingerprint density at radius 2 is 1.54 bits per heavy atom. The summed E-state index contributed by atoms with van der Waals surface area (Å²) < 4.78 is 85.7. The number of hydrogen-bond acceptors (Lipinski definition) is 5. The minimum Gasteiger partial charge on any atom is -0.372 e. The molecule has 5 rings (SSSR count). The first-order chi connectivity index (χ1) is 19.3. The topological polar surface area (TPSA) is 70.6 Å². The van der Waals surface area contributed by atoms with E-state index >= 15 is 0 Å². The fourth-order valence-corrected chi connectivity index (χ4v) is 5.13. The number of urea groups is 1. The van der Waals surface area contributed by atoms with Crippen LogP contribution in [0.4, 0.5) is 42.6 Å². The summed E-state index contributed by atoms with van der Waals surface area (Å²) in [4.78, 5) is 26.2. The molecule has 3 heterocycles. The molecule has 1 fully saturated rings. The van der Waals surface area contributed by atoms with Crippen molar-refractivity contribution in [1.82, 2.24) is 14.9 Å². The summed E-state index contributed by atoms with van der Waals surface area (Å²) in [6.07, 6.45) is -9.91. The van der Waals surface area contributed by atoms with Gasteiger partial charge in [0.15, 0.2) is 5.82 Å². The number of nitrogens with zero attached hydrogens (tertiary/aromatic N) is 4. The van der Waals surface area contributed by atoms with Crippen LogP contribution in [0.1, 0.15) is 36.2 Å². The normalized spacial score (nSPS) is 19.6. The zero-order valence-electron chi connectivity index (χ0n) is 22.2. The molecule has 1 N–H and O–H groups in total.